The van der Waals surface area contributed by atoms with Gasteiger partial charge >= 0.3 is 0 Å². The maximum Gasteiger partial charge on any atom is 0.273 e. The van der Waals surface area contributed by atoms with E-state index in [2.05, 4.69) is 39.6 Å². The van der Waals surface area contributed by atoms with E-state index < -0.39 is 0 Å². The summed E-state index contributed by atoms with van der Waals surface area (Å²) in [4.78, 5) is 15.0. The zero-order valence-corrected chi connectivity index (χ0v) is 15.4. The van der Waals surface area contributed by atoms with Crippen molar-refractivity contribution in [2.75, 3.05) is 19.6 Å². The maximum absolute atomic E-state index is 12.5. The van der Waals surface area contributed by atoms with E-state index in [4.69, 9.17) is 11.6 Å². The molecule has 2 aromatic rings. The third-order valence-electron chi connectivity index (χ3n) is 4.72. The lowest BCUT2D eigenvalue weighted by Crippen LogP contribution is -2.38. The van der Waals surface area contributed by atoms with Gasteiger partial charge in [-0.25, -0.2) is 0 Å². The molecule has 0 radical (unpaired) electrons. The standard InChI is InChI=1S/C19H25ClN4O/c1-23-14-16(20)18(22-23)19(25)21-13-17(15-9-5-4-6-10-15)24-11-7-2-3-8-12-24/h4-6,9-10,14,17H,2-3,7-8,11-13H2,1H3,(H,21,25)/t17-/m1/s1. The largest absolute Gasteiger partial charge is 0.349 e. The summed E-state index contributed by atoms with van der Waals surface area (Å²) >= 11 is 6.09. The number of halogens is 1. The number of carbonyl (C=O) groups is 1. The Kier molecular flexibility index (Phi) is 6.10. The molecule has 25 heavy (non-hydrogen) atoms. The summed E-state index contributed by atoms with van der Waals surface area (Å²) in [5.74, 6) is -0.221. The third-order valence-corrected chi connectivity index (χ3v) is 5.00. The molecule has 0 saturated carbocycles. The lowest BCUT2D eigenvalue weighted by molar-refractivity contribution is 0.0927. The van der Waals surface area contributed by atoms with Crippen molar-refractivity contribution in [3.05, 3.63) is 52.8 Å². The van der Waals surface area contributed by atoms with E-state index in [-0.39, 0.29) is 17.6 Å². The molecule has 1 atom stereocenters. The molecule has 1 aliphatic heterocycles. The first-order valence-electron chi connectivity index (χ1n) is 8.91. The van der Waals surface area contributed by atoms with Gasteiger partial charge in [0, 0.05) is 19.8 Å². The highest BCUT2D eigenvalue weighted by atomic mass is 35.5. The first kappa shape index (κ1) is 18.0. The molecule has 1 N–H and O–H groups in total. The van der Waals surface area contributed by atoms with Gasteiger partial charge < -0.3 is 5.32 Å². The van der Waals surface area contributed by atoms with Crippen LogP contribution in [0, 0.1) is 0 Å². The van der Waals surface area contributed by atoms with E-state index in [1.165, 1.54) is 31.2 Å². The molecule has 6 heteroatoms. The minimum Gasteiger partial charge on any atom is -0.349 e. The summed E-state index contributed by atoms with van der Waals surface area (Å²) in [6.07, 6.45) is 6.63. The van der Waals surface area contributed by atoms with Gasteiger partial charge in [0.2, 0.25) is 0 Å². The molecule has 0 bridgehead atoms. The fourth-order valence-corrected chi connectivity index (χ4v) is 3.69. The molecule has 1 aromatic carbocycles. The fraction of sp³-hybridized carbons (Fsp3) is 0.474. The monoisotopic (exact) mass is 360 g/mol. The molecular weight excluding hydrogens is 336 g/mol. The van der Waals surface area contributed by atoms with Crippen LogP contribution in [0.4, 0.5) is 0 Å². The molecule has 2 heterocycles. The van der Waals surface area contributed by atoms with Gasteiger partial charge in [-0.2, -0.15) is 5.10 Å². The molecular formula is C19H25ClN4O. The fourth-order valence-electron chi connectivity index (χ4n) is 3.43. The molecule has 1 amide bonds. The van der Waals surface area contributed by atoms with Gasteiger partial charge in [-0.15, -0.1) is 0 Å². The van der Waals surface area contributed by atoms with Crippen molar-refractivity contribution in [2.45, 2.75) is 31.7 Å². The Balaban J connectivity index is 1.73. The van der Waals surface area contributed by atoms with Crippen molar-refractivity contribution >= 4 is 17.5 Å². The van der Waals surface area contributed by atoms with Gasteiger partial charge in [-0.3, -0.25) is 14.4 Å². The zero-order chi connectivity index (χ0) is 17.6. The number of likely N-dealkylation sites (tertiary alicyclic amines) is 1. The van der Waals surface area contributed by atoms with Gasteiger partial charge in [0.05, 0.1) is 11.1 Å². The number of nitrogens with zero attached hydrogens (tertiary/aromatic N) is 3. The third kappa shape index (κ3) is 4.61. The van der Waals surface area contributed by atoms with Crippen LogP contribution >= 0.6 is 11.6 Å². The minimum absolute atomic E-state index is 0.172. The molecule has 1 saturated heterocycles. The quantitative estimate of drug-likeness (QED) is 0.888. The average molecular weight is 361 g/mol. The van der Waals surface area contributed by atoms with Crippen LogP contribution in [0.2, 0.25) is 5.02 Å². The maximum atomic E-state index is 12.5. The van der Waals surface area contributed by atoms with Crippen LogP contribution < -0.4 is 5.32 Å². The topological polar surface area (TPSA) is 50.2 Å². The molecule has 1 aliphatic rings. The van der Waals surface area contributed by atoms with Gasteiger partial charge in [0.15, 0.2) is 5.69 Å². The van der Waals surface area contributed by atoms with E-state index >= 15 is 0 Å². The summed E-state index contributed by atoms with van der Waals surface area (Å²) in [6.45, 7) is 2.69. The Hall–Kier alpha value is -1.85. The van der Waals surface area contributed by atoms with Gasteiger partial charge in [-0.1, -0.05) is 54.8 Å². The van der Waals surface area contributed by atoms with E-state index in [0.717, 1.165) is 13.1 Å². The second kappa shape index (κ2) is 8.50. The first-order chi connectivity index (χ1) is 12.1. The highest BCUT2D eigenvalue weighted by Gasteiger charge is 2.23. The smallest absolute Gasteiger partial charge is 0.273 e. The minimum atomic E-state index is -0.221. The Bertz CT molecular complexity index is 693. The normalized spacial score (nSPS) is 17.0. The van der Waals surface area contributed by atoms with Gasteiger partial charge in [0.1, 0.15) is 0 Å². The Morgan fingerprint density at radius 1 is 1.20 bits per heavy atom. The number of rotatable bonds is 5. The highest BCUT2D eigenvalue weighted by Crippen LogP contribution is 2.24. The second-order valence-corrected chi connectivity index (χ2v) is 6.99. The van der Waals surface area contributed by atoms with Crippen molar-refractivity contribution < 1.29 is 4.79 Å². The van der Waals surface area contributed by atoms with E-state index in [0.29, 0.717) is 11.6 Å². The van der Waals surface area contributed by atoms with Crippen LogP contribution in [0.1, 0.15) is 47.8 Å². The number of amides is 1. The first-order valence-corrected chi connectivity index (χ1v) is 9.29. The van der Waals surface area contributed by atoms with Crippen LogP contribution in [0.3, 0.4) is 0 Å². The Labute approximate surface area is 154 Å². The van der Waals surface area contributed by atoms with E-state index in [9.17, 15) is 4.79 Å². The van der Waals surface area contributed by atoms with E-state index in [1.807, 2.05) is 6.07 Å². The lowest BCUT2D eigenvalue weighted by Gasteiger charge is -2.31. The van der Waals surface area contributed by atoms with Crippen molar-refractivity contribution in [2.24, 2.45) is 7.05 Å². The summed E-state index contributed by atoms with van der Waals surface area (Å²) in [5, 5.41) is 7.56. The van der Waals surface area contributed by atoms with Crippen LogP contribution in [0.25, 0.3) is 0 Å². The van der Waals surface area contributed by atoms with Crippen LogP contribution in [0.5, 0.6) is 0 Å². The highest BCUT2D eigenvalue weighted by molar-refractivity contribution is 6.33. The second-order valence-electron chi connectivity index (χ2n) is 6.59. The van der Waals surface area contributed by atoms with Crippen molar-refractivity contribution in [3.63, 3.8) is 0 Å². The molecule has 134 valence electrons. The number of nitrogens with one attached hydrogen (secondary N) is 1. The van der Waals surface area contributed by atoms with Crippen LogP contribution in [-0.4, -0.2) is 40.2 Å². The number of hydrogen-bond donors (Lipinski definition) is 1. The van der Waals surface area contributed by atoms with Crippen LogP contribution in [-0.2, 0) is 7.05 Å². The van der Waals surface area contributed by atoms with Gasteiger partial charge in [0.25, 0.3) is 5.91 Å². The number of benzene rings is 1. The SMILES string of the molecule is Cn1cc(Cl)c(C(=O)NC[C@H](c2ccccc2)N2CCCCCC2)n1. The molecule has 1 aromatic heterocycles. The number of hydrogen-bond acceptors (Lipinski definition) is 3. The Morgan fingerprint density at radius 3 is 2.48 bits per heavy atom. The van der Waals surface area contributed by atoms with Crippen molar-refractivity contribution in [3.8, 4) is 0 Å². The summed E-state index contributed by atoms with van der Waals surface area (Å²) in [7, 11) is 1.76. The summed E-state index contributed by atoms with van der Waals surface area (Å²) in [6, 6.07) is 10.6. The summed E-state index contributed by atoms with van der Waals surface area (Å²) < 4.78 is 1.56. The molecule has 0 aliphatic carbocycles. The molecule has 5 nitrogen and oxygen atoms in total. The molecule has 0 spiro atoms. The van der Waals surface area contributed by atoms with Crippen LogP contribution in [0.15, 0.2) is 36.5 Å². The number of carbonyl (C=O) groups excluding carboxylic acids is 1. The molecule has 1 fully saturated rings. The zero-order valence-electron chi connectivity index (χ0n) is 14.6. The lowest BCUT2D eigenvalue weighted by atomic mass is 10.0. The predicted octanol–water partition coefficient (Wildman–Crippen LogP) is 3.42. The van der Waals surface area contributed by atoms with Crippen molar-refractivity contribution in [1.82, 2.24) is 20.0 Å². The van der Waals surface area contributed by atoms with Gasteiger partial charge in [-0.05, 0) is 31.5 Å². The Morgan fingerprint density at radius 2 is 1.88 bits per heavy atom. The summed E-state index contributed by atoms with van der Waals surface area (Å²) in [5.41, 5.74) is 1.52. The number of aryl methyl sites for hydroxylation is 1. The van der Waals surface area contributed by atoms with E-state index in [1.54, 1.807) is 17.9 Å². The predicted molar refractivity (Wildman–Crippen MR) is 99.8 cm³/mol. The number of aromatic nitrogens is 2. The average Bonchev–Trinajstić information content (AvgIpc) is 2.80. The molecule has 3 rings (SSSR count). The molecule has 0 unspecified atom stereocenters. The van der Waals surface area contributed by atoms with Crippen molar-refractivity contribution in [1.29, 1.82) is 0 Å².